The molecule has 0 saturated carbocycles. The van der Waals surface area contributed by atoms with E-state index in [2.05, 4.69) is 24.0 Å². The molecule has 0 radical (unpaired) electrons. The minimum absolute atomic E-state index is 0.630. The molecule has 2 aromatic rings. The Kier molecular flexibility index (Phi) is 4.58. The molecule has 0 unspecified atom stereocenters. The van der Waals surface area contributed by atoms with Crippen LogP contribution in [0.1, 0.15) is 17.0 Å². The number of hydrogen-bond acceptors (Lipinski definition) is 3. The normalized spacial score (nSPS) is 10.7. The molecule has 4 heteroatoms. The summed E-state index contributed by atoms with van der Waals surface area (Å²) in [4.78, 5) is 4.28. The van der Waals surface area contributed by atoms with Crippen molar-refractivity contribution in [3.8, 4) is 5.75 Å². The fourth-order valence-corrected chi connectivity index (χ4v) is 2.09. The maximum Gasteiger partial charge on any atom is 0.122 e. The summed E-state index contributed by atoms with van der Waals surface area (Å²) >= 11 is 0. The van der Waals surface area contributed by atoms with E-state index in [0.717, 1.165) is 24.4 Å². The molecule has 2 N–H and O–H groups in total. The van der Waals surface area contributed by atoms with Gasteiger partial charge in [0.2, 0.25) is 0 Å². The molecule has 0 bridgehead atoms. The van der Waals surface area contributed by atoms with Gasteiger partial charge in [-0.05, 0) is 31.5 Å². The maximum absolute atomic E-state index is 5.86. The Balaban J connectivity index is 1.97. The van der Waals surface area contributed by atoms with Crippen LogP contribution in [0.3, 0.4) is 0 Å². The molecule has 4 nitrogen and oxygen atoms in total. The van der Waals surface area contributed by atoms with Crippen molar-refractivity contribution in [2.45, 2.75) is 19.8 Å². The van der Waals surface area contributed by atoms with Crippen LogP contribution in [0, 0.1) is 6.92 Å². The number of nitrogens with two attached hydrogens (primary N) is 1. The van der Waals surface area contributed by atoms with Crippen LogP contribution in [-0.2, 0) is 19.9 Å². The van der Waals surface area contributed by atoms with Crippen molar-refractivity contribution < 1.29 is 4.74 Å². The van der Waals surface area contributed by atoms with Gasteiger partial charge in [-0.1, -0.05) is 17.7 Å². The summed E-state index contributed by atoms with van der Waals surface area (Å²) in [5, 5.41) is 0. The molecule has 0 fully saturated rings. The lowest BCUT2D eigenvalue weighted by Gasteiger charge is -2.12. The van der Waals surface area contributed by atoms with Crippen molar-refractivity contribution in [3.05, 3.63) is 47.5 Å². The van der Waals surface area contributed by atoms with Gasteiger partial charge in [-0.3, -0.25) is 0 Å². The maximum atomic E-state index is 5.86. The van der Waals surface area contributed by atoms with Gasteiger partial charge in [0.25, 0.3) is 0 Å². The molecule has 0 atom stereocenters. The van der Waals surface area contributed by atoms with Crippen LogP contribution in [0.25, 0.3) is 0 Å². The summed E-state index contributed by atoms with van der Waals surface area (Å²) in [5.74, 6) is 1.97. The molecule has 1 heterocycles. The highest BCUT2D eigenvalue weighted by Gasteiger charge is 2.05. The lowest BCUT2D eigenvalue weighted by Crippen LogP contribution is -2.09. The minimum atomic E-state index is 0.630. The van der Waals surface area contributed by atoms with E-state index >= 15 is 0 Å². The SMILES string of the molecule is Cc1ccc(OCCc2nccn2C)c(CCN)c1. The van der Waals surface area contributed by atoms with E-state index < -0.39 is 0 Å². The van der Waals surface area contributed by atoms with Gasteiger partial charge >= 0.3 is 0 Å². The molecule has 0 aliphatic rings. The first-order chi connectivity index (χ1) is 9.20. The Morgan fingerprint density at radius 1 is 1.32 bits per heavy atom. The number of benzene rings is 1. The summed E-state index contributed by atoms with van der Waals surface area (Å²) < 4.78 is 7.88. The fraction of sp³-hybridized carbons (Fsp3) is 0.400. The van der Waals surface area contributed by atoms with E-state index in [-0.39, 0.29) is 0 Å². The van der Waals surface area contributed by atoms with E-state index in [4.69, 9.17) is 10.5 Å². The van der Waals surface area contributed by atoms with Crippen LogP contribution in [0.5, 0.6) is 5.75 Å². The lowest BCUT2D eigenvalue weighted by molar-refractivity contribution is 0.314. The second kappa shape index (κ2) is 6.38. The average molecular weight is 259 g/mol. The smallest absolute Gasteiger partial charge is 0.122 e. The second-order valence-electron chi connectivity index (χ2n) is 4.70. The Bertz CT molecular complexity index is 534. The second-order valence-corrected chi connectivity index (χ2v) is 4.70. The number of imidazole rings is 1. The third-order valence-corrected chi connectivity index (χ3v) is 3.13. The van der Waals surface area contributed by atoms with Crippen LogP contribution >= 0.6 is 0 Å². The van der Waals surface area contributed by atoms with Gasteiger partial charge < -0.3 is 15.0 Å². The molecule has 2 rings (SSSR count). The Morgan fingerprint density at radius 3 is 2.84 bits per heavy atom. The van der Waals surface area contributed by atoms with Crippen LogP contribution in [0.4, 0.5) is 0 Å². The van der Waals surface area contributed by atoms with Gasteiger partial charge in [0.1, 0.15) is 11.6 Å². The summed E-state index contributed by atoms with van der Waals surface area (Å²) in [6.45, 7) is 3.35. The molecule has 0 saturated heterocycles. The molecule has 1 aromatic carbocycles. The predicted molar refractivity (Wildman–Crippen MR) is 76.3 cm³/mol. The quantitative estimate of drug-likeness (QED) is 0.861. The summed E-state index contributed by atoms with van der Waals surface area (Å²) in [6, 6.07) is 6.23. The molecule has 0 aliphatic carbocycles. The number of aromatic nitrogens is 2. The van der Waals surface area contributed by atoms with Crippen molar-refractivity contribution in [1.29, 1.82) is 0 Å². The van der Waals surface area contributed by atoms with E-state index in [1.54, 1.807) is 6.20 Å². The Labute approximate surface area is 114 Å². The summed E-state index contributed by atoms with van der Waals surface area (Å²) in [5.41, 5.74) is 8.06. The standard InChI is InChI=1S/C15H21N3O/c1-12-3-4-14(13(11-12)5-7-16)19-10-6-15-17-8-9-18(15)2/h3-4,8-9,11H,5-7,10,16H2,1-2H3. The van der Waals surface area contributed by atoms with E-state index in [1.807, 2.05) is 23.9 Å². The average Bonchev–Trinajstić information content (AvgIpc) is 2.78. The lowest BCUT2D eigenvalue weighted by atomic mass is 10.1. The monoisotopic (exact) mass is 259 g/mol. The minimum Gasteiger partial charge on any atom is -0.493 e. The number of nitrogens with zero attached hydrogens (tertiary/aromatic N) is 2. The van der Waals surface area contributed by atoms with Crippen molar-refractivity contribution in [3.63, 3.8) is 0 Å². The van der Waals surface area contributed by atoms with Crippen LogP contribution < -0.4 is 10.5 Å². The van der Waals surface area contributed by atoms with E-state index in [0.29, 0.717) is 13.2 Å². The number of aryl methyl sites for hydroxylation is 2. The largest absolute Gasteiger partial charge is 0.493 e. The zero-order valence-corrected chi connectivity index (χ0v) is 11.6. The predicted octanol–water partition coefficient (Wildman–Crippen LogP) is 1.85. The molecule has 0 aliphatic heterocycles. The van der Waals surface area contributed by atoms with Gasteiger partial charge in [-0.15, -0.1) is 0 Å². The number of rotatable bonds is 6. The topological polar surface area (TPSA) is 53.1 Å². The highest BCUT2D eigenvalue weighted by molar-refractivity contribution is 5.37. The molecule has 0 spiro atoms. The van der Waals surface area contributed by atoms with E-state index in [1.165, 1.54) is 11.1 Å². The van der Waals surface area contributed by atoms with E-state index in [9.17, 15) is 0 Å². The molecule has 0 amide bonds. The molecule has 102 valence electrons. The summed E-state index contributed by atoms with van der Waals surface area (Å²) in [6.07, 6.45) is 5.40. The molecular formula is C15H21N3O. The van der Waals surface area contributed by atoms with Crippen LogP contribution in [0.2, 0.25) is 0 Å². The zero-order valence-electron chi connectivity index (χ0n) is 11.6. The Morgan fingerprint density at radius 2 is 2.16 bits per heavy atom. The molecular weight excluding hydrogens is 238 g/mol. The third-order valence-electron chi connectivity index (χ3n) is 3.13. The molecule has 19 heavy (non-hydrogen) atoms. The van der Waals surface area contributed by atoms with Gasteiger partial charge in [-0.2, -0.15) is 0 Å². The van der Waals surface area contributed by atoms with Crippen molar-refractivity contribution in [1.82, 2.24) is 9.55 Å². The van der Waals surface area contributed by atoms with Gasteiger partial charge in [0.15, 0.2) is 0 Å². The van der Waals surface area contributed by atoms with Crippen LogP contribution in [-0.4, -0.2) is 22.7 Å². The highest BCUT2D eigenvalue weighted by atomic mass is 16.5. The highest BCUT2D eigenvalue weighted by Crippen LogP contribution is 2.20. The Hall–Kier alpha value is -1.81. The first kappa shape index (κ1) is 13.6. The zero-order chi connectivity index (χ0) is 13.7. The van der Waals surface area contributed by atoms with Gasteiger partial charge in [0, 0.05) is 25.9 Å². The van der Waals surface area contributed by atoms with Gasteiger partial charge in [0.05, 0.1) is 6.61 Å². The van der Waals surface area contributed by atoms with Gasteiger partial charge in [-0.25, -0.2) is 4.98 Å². The first-order valence-corrected chi connectivity index (χ1v) is 6.59. The van der Waals surface area contributed by atoms with Crippen molar-refractivity contribution in [2.75, 3.05) is 13.2 Å². The van der Waals surface area contributed by atoms with Crippen LogP contribution in [0.15, 0.2) is 30.6 Å². The van der Waals surface area contributed by atoms with Crippen molar-refractivity contribution in [2.24, 2.45) is 12.8 Å². The molecule has 1 aromatic heterocycles. The third kappa shape index (κ3) is 3.58. The first-order valence-electron chi connectivity index (χ1n) is 6.59. The number of hydrogen-bond donors (Lipinski definition) is 1. The fourth-order valence-electron chi connectivity index (χ4n) is 2.09. The van der Waals surface area contributed by atoms with Crippen molar-refractivity contribution >= 4 is 0 Å². The number of ether oxygens (including phenoxy) is 1. The summed E-state index contributed by atoms with van der Waals surface area (Å²) in [7, 11) is 1.99.